The molecule has 1 aliphatic carbocycles. The quantitative estimate of drug-likeness (QED) is 0.659. The largest absolute Gasteiger partial charge is 0.458 e. The van der Waals surface area contributed by atoms with Gasteiger partial charge in [-0.25, -0.2) is 18.2 Å². The number of aromatic nitrogens is 3. The summed E-state index contributed by atoms with van der Waals surface area (Å²) in [7, 11) is -3.76. The minimum atomic E-state index is -3.76. The normalized spacial score (nSPS) is 18.7. The number of sulfonamides is 1. The lowest BCUT2D eigenvalue weighted by Crippen LogP contribution is -2.31. The SMILES string of the molecule is Cc1nc2n(n1)C(c1ccc(-c3ccc(S(N)(=O)=O)cc3)o1)C1=C(CCCC1=O)N2. The molecule has 9 nitrogen and oxygen atoms in total. The Labute approximate surface area is 172 Å². The van der Waals surface area contributed by atoms with Gasteiger partial charge in [0.05, 0.1) is 4.90 Å². The van der Waals surface area contributed by atoms with E-state index in [9.17, 15) is 13.2 Å². The van der Waals surface area contributed by atoms with E-state index in [2.05, 4.69) is 15.4 Å². The van der Waals surface area contributed by atoms with Gasteiger partial charge in [0, 0.05) is 23.3 Å². The number of ketones is 1. The van der Waals surface area contributed by atoms with E-state index in [0.29, 0.717) is 40.9 Å². The van der Waals surface area contributed by atoms with Crippen molar-refractivity contribution in [1.82, 2.24) is 14.8 Å². The van der Waals surface area contributed by atoms with Crippen LogP contribution in [0.25, 0.3) is 11.3 Å². The van der Waals surface area contributed by atoms with Crippen molar-refractivity contribution in [2.75, 3.05) is 5.32 Å². The smallest absolute Gasteiger partial charge is 0.238 e. The van der Waals surface area contributed by atoms with Crippen LogP contribution in [0.15, 0.2) is 57.0 Å². The molecule has 1 aromatic carbocycles. The monoisotopic (exact) mass is 425 g/mol. The Balaban J connectivity index is 1.58. The number of nitrogens with zero attached hydrogens (tertiary/aromatic N) is 3. The van der Waals surface area contributed by atoms with Crippen molar-refractivity contribution in [2.24, 2.45) is 5.14 Å². The molecule has 0 bridgehead atoms. The first-order valence-electron chi connectivity index (χ1n) is 9.50. The van der Waals surface area contributed by atoms with Crippen molar-refractivity contribution in [3.63, 3.8) is 0 Å². The second-order valence-corrected chi connectivity index (χ2v) is 8.96. The van der Waals surface area contributed by atoms with Gasteiger partial charge >= 0.3 is 0 Å². The molecule has 1 unspecified atom stereocenters. The highest BCUT2D eigenvalue weighted by atomic mass is 32.2. The molecule has 0 fully saturated rings. The van der Waals surface area contributed by atoms with Crippen LogP contribution < -0.4 is 10.5 Å². The predicted octanol–water partition coefficient (Wildman–Crippen LogP) is 2.52. The zero-order chi connectivity index (χ0) is 21.0. The average Bonchev–Trinajstić information content (AvgIpc) is 3.32. The van der Waals surface area contributed by atoms with E-state index in [0.717, 1.165) is 18.5 Å². The summed E-state index contributed by atoms with van der Waals surface area (Å²) in [6, 6.07) is 9.23. The van der Waals surface area contributed by atoms with Crippen LogP contribution in [0.5, 0.6) is 0 Å². The molecule has 0 saturated carbocycles. The van der Waals surface area contributed by atoms with Gasteiger partial charge in [0.15, 0.2) is 5.78 Å². The van der Waals surface area contributed by atoms with Gasteiger partial charge in [-0.05, 0) is 56.2 Å². The minimum absolute atomic E-state index is 0.0294. The van der Waals surface area contributed by atoms with Gasteiger partial charge in [-0.1, -0.05) is 0 Å². The number of allylic oxidation sites excluding steroid dienone is 2. The molecule has 30 heavy (non-hydrogen) atoms. The molecule has 2 aromatic heterocycles. The summed E-state index contributed by atoms with van der Waals surface area (Å²) in [4.78, 5) is 17.2. The molecule has 0 saturated heterocycles. The van der Waals surface area contributed by atoms with Crippen LogP contribution in [-0.4, -0.2) is 29.0 Å². The Morgan fingerprint density at radius 3 is 2.67 bits per heavy atom. The number of primary sulfonamides is 1. The third-order valence-electron chi connectivity index (χ3n) is 5.34. The summed E-state index contributed by atoms with van der Waals surface area (Å²) < 4.78 is 30.7. The average molecular weight is 425 g/mol. The molecule has 0 amide bonds. The van der Waals surface area contributed by atoms with Crippen LogP contribution in [0.4, 0.5) is 5.95 Å². The zero-order valence-corrected chi connectivity index (χ0v) is 16.9. The third kappa shape index (κ3) is 3.04. The lowest BCUT2D eigenvalue weighted by molar-refractivity contribution is -0.116. The number of benzene rings is 1. The summed E-state index contributed by atoms with van der Waals surface area (Å²) in [5, 5.41) is 12.9. The van der Waals surface area contributed by atoms with E-state index in [1.54, 1.807) is 29.8 Å². The number of hydrogen-bond acceptors (Lipinski definition) is 7. The highest BCUT2D eigenvalue weighted by Crippen LogP contribution is 2.41. The molecule has 0 radical (unpaired) electrons. The maximum absolute atomic E-state index is 12.8. The van der Waals surface area contributed by atoms with Crippen LogP contribution in [0.3, 0.4) is 0 Å². The molecule has 1 aliphatic heterocycles. The number of rotatable bonds is 3. The van der Waals surface area contributed by atoms with E-state index in [1.165, 1.54) is 12.1 Å². The molecule has 10 heteroatoms. The highest BCUT2D eigenvalue weighted by molar-refractivity contribution is 7.89. The van der Waals surface area contributed by atoms with E-state index in [4.69, 9.17) is 9.56 Å². The molecule has 0 spiro atoms. The number of nitrogens with one attached hydrogen (secondary N) is 1. The molecule has 154 valence electrons. The molecule has 3 N–H and O–H groups in total. The molecule has 2 aliphatic rings. The predicted molar refractivity (Wildman–Crippen MR) is 108 cm³/mol. The molecule has 3 aromatic rings. The standard InChI is InChI=1S/C20H19N5O4S/c1-11-22-20-23-14-3-2-4-15(26)18(14)19(25(20)24-11)17-10-9-16(29-17)12-5-7-13(8-6-12)30(21,27)28/h5-10,19H,2-4H2,1H3,(H2,21,27,28)(H,22,23,24). The Morgan fingerprint density at radius 1 is 1.17 bits per heavy atom. The molecule has 5 rings (SSSR count). The van der Waals surface area contributed by atoms with Crippen LogP contribution >= 0.6 is 0 Å². The number of carbonyl (C=O) groups is 1. The molecule has 1 atom stereocenters. The van der Waals surface area contributed by atoms with E-state index in [-0.39, 0.29) is 10.7 Å². The Bertz CT molecular complexity index is 1300. The van der Waals surface area contributed by atoms with Gasteiger partial charge in [0.1, 0.15) is 23.4 Å². The maximum Gasteiger partial charge on any atom is 0.238 e. The summed E-state index contributed by atoms with van der Waals surface area (Å²) in [6.07, 6.45) is 2.05. The third-order valence-corrected chi connectivity index (χ3v) is 6.27. The van der Waals surface area contributed by atoms with Crippen molar-refractivity contribution >= 4 is 21.8 Å². The van der Waals surface area contributed by atoms with Gasteiger partial charge < -0.3 is 9.73 Å². The van der Waals surface area contributed by atoms with Crippen LogP contribution in [0.1, 0.15) is 36.9 Å². The van der Waals surface area contributed by atoms with Crippen molar-refractivity contribution < 1.29 is 17.6 Å². The van der Waals surface area contributed by atoms with Crippen LogP contribution in [0.2, 0.25) is 0 Å². The summed E-state index contributed by atoms with van der Waals surface area (Å²) in [6.45, 7) is 1.80. The van der Waals surface area contributed by atoms with E-state index >= 15 is 0 Å². The number of Topliss-reactive ketones (excluding diaryl/α,β-unsaturated/α-hetero) is 1. The van der Waals surface area contributed by atoms with Gasteiger partial charge in [-0.3, -0.25) is 4.79 Å². The number of hydrogen-bond donors (Lipinski definition) is 2. The summed E-state index contributed by atoms with van der Waals surface area (Å²) in [5.74, 6) is 2.37. The Morgan fingerprint density at radius 2 is 1.93 bits per heavy atom. The summed E-state index contributed by atoms with van der Waals surface area (Å²) in [5.41, 5.74) is 2.22. The first-order chi connectivity index (χ1) is 14.3. The number of aryl methyl sites for hydroxylation is 1. The minimum Gasteiger partial charge on any atom is -0.458 e. The zero-order valence-electron chi connectivity index (χ0n) is 16.1. The van der Waals surface area contributed by atoms with E-state index in [1.807, 2.05) is 6.07 Å². The number of anilines is 1. The van der Waals surface area contributed by atoms with Gasteiger partial charge in [0.25, 0.3) is 0 Å². The van der Waals surface area contributed by atoms with Gasteiger partial charge in [-0.2, -0.15) is 10.1 Å². The number of nitrogens with two attached hydrogens (primary N) is 1. The number of carbonyl (C=O) groups excluding carboxylic acids is 1. The fourth-order valence-electron chi connectivity index (χ4n) is 3.99. The number of fused-ring (bicyclic) bond motifs is 1. The van der Waals surface area contributed by atoms with Crippen molar-refractivity contribution in [1.29, 1.82) is 0 Å². The second kappa shape index (κ2) is 6.64. The first-order valence-corrected chi connectivity index (χ1v) is 11.1. The fraction of sp³-hybridized carbons (Fsp3) is 0.250. The molecular formula is C20H19N5O4S. The lowest BCUT2D eigenvalue weighted by Gasteiger charge is -2.30. The van der Waals surface area contributed by atoms with Crippen molar-refractivity contribution in [2.45, 2.75) is 37.1 Å². The fourth-order valence-corrected chi connectivity index (χ4v) is 4.51. The van der Waals surface area contributed by atoms with Crippen LogP contribution in [-0.2, 0) is 14.8 Å². The van der Waals surface area contributed by atoms with Gasteiger partial charge in [-0.15, -0.1) is 0 Å². The Kier molecular flexibility index (Phi) is 4.16. The first kappa shape index (κ1) is 18.8. The maximum atomic E-state index is 12.8. The lowest BCUT2D eigenvalue weighted by atomic mass is 9.88. The van der Waals surface area contributed by atoms with E-state index < -0.39 is 16.1 Å². The molecule has 3 heterocycles. The second-order valence-electron chi connectivity index (χ2n) is 7.40. The summed E-state index contributed by atoms with van der Waals surface area (Å²) >= 11 is 0. The Hall–Kier alpha value is -3.24. The number of furan rings is 1. The molecular weight excluding hydrogens is 406 g/mol. The topological polar surface area (TPSA) is 133 Å². The van der Waals surface area contributed by atoms with Crippen molar-refractivity contribution in [3.8, 4) is 11.3 Å². The van der Waals surface area contributed by atoms with Gasteiger partial charge in [0.2, 0.25) is 16.0 Å². The van der Waals surface area contributed by atoms with Crippen LogP contribution in [0, 0.1) is 6.92 Å². The highest BCUT2D eigenvalue weighted by Gasteiger charge is 2.38. The van der Waals surface area contributed by atoms with Crippen molar-refractivity contribution in [3.05, 3.63) is 59.3 Å².